The highest BCUT2D eigenvalue weighted by molar-refractivity contribution is 6.31. The van der Waals surface area contributed by atoms with Crippen LogP contribution >= 0.6 is 11.6 Å². The van der Waals surface area contributed by atoms with Crippen molar-refractivity contribution < 1.29 is 0 Å². The maximum atomic E-state index is 6.18. The first-order valence-corrected chi connectivity index (χ1v) is 10.1. The number of hydrogen-bond donors (Lipinski definition) is 3. The van der Waals surface area contributed by atoms with Crippen LogP contribution in [0, 0.1) is 13.8 Å². The minimum atomic E-state index is 0.545. The molecule has 0 spiro atoms. The Hall–Kier alpha value is -3.16. The molecular formula is C22H24ClN7. The van der Waals surface area contributed by atoms with E-state index < -0.39 is 0 Å². The van der Waals surface area contributed by atoms with Gasteiger partial charge in [-0.25, -0.2) is 4.98 Å². The largest absolute Gasteiger partial charge is 0.396 e. The van der Waals surface area contributed by atoms with Crippen LogP contribution in [-0.2, 0) is 19.6 Å². The number of nitrogens with zero attached hydrogens (tertiary/aromatic N) is 4. The standard InChI is InChI=1S/C22H24ClN7/c1-13-5-22(25)28-14(2)18(13)9-26-10-21-19(24)12-30(29-21)11-15-3-4-20-16(6-15)7-17(23)8-27-20/h3-8,12,26H,9-11,24H2,1-2H3,(H2,25,28). The fraction of sp³-hybridized carbons (Fsp3) is 0.227. The molecule has 3 heterocycles. The van der Waals surface area contributed by atoms with Crippen LogP contribution in [0.2, 0.25) is 5.02 Å². The van der Waals surface area contributed by atoms with Crippen molar-refractivity contribution in [2.75, 3.05) is 11.5 Å². The number of fused-ring (bicyclic) bond motifs is 1. The summed E-state index contributed by atoms with van der Waals surface area (Å²) in [5.41, 5.74) is 18.7. The monoisotopic (exact) mass is 421 g/mol. The summed E-state index contributed by atoms with van der Waals surface area (Å²) >= 11 is 6.06. The van der Waals surface area contributed by atoms with E-state index in [1.807, 2.05) is 49.0 Å². The Kier molecular flexibility index (Phi) is 5.57. The number of aryl methyl sites for hydroxylation is 2. The maximum absolute atomic E-state index is 6.18. The van der Waals surface area contributed by atoms with Gasteiger partial charge in [-0.15, -0.1) is 0 Å². The van der Waals surface area contributed by atoms with Crippen molar-refractivity contribution in [3.8, 4) is 0 Å². The molecule has 30 heavy (non-hydrogen) atoms. The third-order valence-corrected chi connectivity index (χ3v) is 5.30. The molecule has 0 aliphatic heterocycles. The topological polar surface area (TPSA) is 108 Å². The molecule has 0 amide bonds. The Morgan fingerprint density at radius 2 is 1.93 bits per heavy atom. The third kappa shape index (κ3) is 4.37. The number of rotatable bonds is 6. The fourth-order valence-corrected chi connectivity index (χ4v) is 3.76. The van der Waals surface area contributed by atoms with E-state index in [1.165, 1.54) is 0 Å². The van der Waals surface area contributed by atoms with Gasteiger partial charge in [-0.2, -0.15) is 5.10 Å². The van der Waals surface area contributed by atoms with E-state index in [2.05, 4.69) is 26.4 Å². The van der Waals surface area contributed by atoms with Gasteiger partial charge in [-0.1, -0.05) is 17.7 Å². The zero-order chi connectivity index (χ0) is 21.3. The number of benzene rings is 1. The van der Waals surface area contributed by atoms with Crippen molar-refractivity contribution in [3.05, 3.63) is 75.8 Å². The summed E-state index contributed by atoms with van der Waals surface area (Å²) in [5.74, 6) is 0.545. The van der Waals surface area contributed by atoms with E-state index in [0.717, 1.165) is 39.0 Å². The van der Waals surface area contributed by atoms with Gasteiger partial charge in [0.25, 0.3) is 0 Å². The van der Waals surface area contributed by atoms with E-state index in [9.17, 15) is 0 Å². The summed E-state index contributed by atoms with van der Waals surface area (Å²) in [4.78, 5) is 8.67. The zero-order valence-corrected chi connectivity index (χ0v) is 17.7. The summed E-state index contributed by atoms with van der Waals surface area (Å²) in [5, 5.41) is 9.68. The van der Waals surface area contributed by atoms with Crippen molar-refractivity contribution >= 4 is 34.0 Å². The molecule has 0 saturated carbocycles. The number of nitrogens with two attached hydrogens (primary N) is 2. The van der Waals surface area contributed by atoms with E-state index in [0.29, 0.717) is 36.2 Å². The van der Waals surface area contributed by atoms with Crippen LogP contribution in [-0.4, -0.2) is 19.7 Å². The molecular weight excluding hydrogens is 398 g/mol. The molecule has 0 bridgehead atoms. The van der Waals surface area contributed by atoms with Gasteiger partial charge in [0.05, 0.1) is 28.5 Å². The van der Waals surface area contributed by atoms with Gasteiger partial charge in [0.2, 0.25) is 0 Å². The molecule has 3 aromatic heterocycles. The number of pyridine rings is 2. The first-order chi connectivity index (χ1) is 14.4. The van der Waals surface area contributed by atoms with E-state index in [-0.39, 0.29) is 0 Å². The Morgan fingerprint density at radius 3 is 2.73 bits per heavy atom. The molecule has 0 unspecified atom stereocenters. The van der Waals surface area contributed by atoms with Crippen molar-refractivity contribution in [2.24, 2.45) is 0 Å². The minimum absolute atomic E-state index is 0.545. The van der Waals surface area contributed by atoms with Crippen LogP contribution in [0.15, 0.2) is 42.7 Å². The summed E-state index contributed by atoms with van der Waals surface area (Å²) in [6, 6.07) is 9.90. The van der Waals surface area contributed by atoms with Gasteiger partial charge in [0.15, 0.2) is 0 Å². The molecule has 4 rings (SSSR count). The summed E-state index contributed by atoms with van der Waals surface area (Å²) < 4.78 is 1.85. The van der Waals surface area contributed by atoms with Gasteiger partial charge in [0, 0.05) is 36.6 Å². The van der Waals surface area contributed by atoms with Crippen molar-refractivity contribution in [3.63, 3.8) is 0 Å². The van der Waals surface area contributed by atoms with Crippen molar-refractivity contribution in [1.29, 1.82) is 0 Å². The van der Waals surface area contributed by atoms with E-state index in [1.54, 1.807) is 6.20 Å². The van der Waals surface area contributed by atoms with Crippen molar-refractivity contribution in [2.45, 2.75) is 33.5 Å². The van der Waals surface area contributed by atoms with Crippen LogP contribution in [0.5, 0.6) is 0 Å². The van der Waals surface area contributed by atoms with Crippen LogP contribution < -0.4 is 16.8 Å². The fourth-order valence-electron chi connectivity index (χ4n) is 3.60. The molecule has 0 fully saturated rings. The molecule has 1 aromatic carbocycles. The lowest BCUT2D eigenvalue weighted by atomic mass is 10.1. The highest BCUT2D eigenvalue weighted by atomic mass is 35.5. The number of aromatic nitrogens is 4. The predicted molar refractivity (Wildman–Crippen MR) is 121 cm³/mol. The van der Waals surface area contributed by atoms with Gasteiger partial charge in [0.1, 0.15) is 5.82 Å². The minimum Gasteiger partial charge on any atom is -0.396 e. The molecule has 5 N–H and O–H groups in total. The Morgan fingerprint density at radius 1 is 1.10 bits per heavy atom. The first kappa shape index (κ1) is 20.1. The zero-order valence-electron chi connectivity index (χ0n) is 17.0. The molecule has 0 saturated heterocycles. The number of halogens is 1. The second-order valence-corrected chi connectivity index (χ2v) is 7.88. The Balaban J connectivity index is 1.43. The molecule has 0 atom stereocenters. The van der Waals surface area contributed by atoms with E-state index >= 15 is 0 Å². The number of nitrogen functional groups attached to an aromatic ring is 2. The highest BCUT2D eigenvalue weighted by Crippen LogP contribution is 2.20. The maximum Gasteiger partial charge on any atom is 0.123 e. The lowest BCUT2D eigenvalue weighted by Crippen LogP contribution is -2.16. The Bertz CT molecular complexity index is 1190. The van der Waals surface area contributed by atoms with Gasteiger partial charge in [-0.3, -0.25) is 9.67 Å². The van der Waals surface area contributed by atoms with Crippen LogP contribution in [0.25, 0.3) is 10.9 Å². The Labute approximate surface area is 180 Å². The molecule has 7 nitrogen and oxygen atoms in total. The second kappa shape index (κ2) is 8.30. The molecule has 4 aromatic rings. The molecule has 0 aliphatic carbocycles. The van der Waals surface area contributed by atoms with Gasteiger partial charge >= 0.3 is 0 Å². The van der Waals surface area contributed by atoms with Crippen LogP contribution in [0.3, 0.4) is 0 Å². The highest BCUT2D eigenvalue weighted by Gasteiger charge is 2.09. The average Bonchev–Trinajstić information content (AvgIpc) is 3.02. The average molecular weight is 422 g/mol. The SMILES string of the molecule is Cc1cc(N)nc(C)c1CNCc1nn(Cc2ccc3ncc(Cl)cc3c2)cc1N. The third-order valence-electron chi connectivity index (χ3n) is 5.10. The normalized spacial score (nSPS) is 11.3. The molecule has 0 radical (unpaired) electrons. The molecule has 0 aliphatic rings. The van der Waals surface area contributed by atoms with Gasteiger partial charge < -0.3 is 16.8 Å². The summed E-state index contributed by atoms with van der Waals surface area (Å²) in [6.45, 7) is 5.87. The number of hydrogen-bond acceptors (Lipinski definition) is 6. The quantitative estimate of drug-likeness (QED) is 0.439. The van der Waals surface area contributed by atoms with E-state index in [4.69, 9.17) is 23.1 Å². The number of nitrogens with one attached hydrogen (secondary N) is 1. The smallest absolute Gasteiger partial charge is 0.123 e. The van der Waals surface area contributed by atoms with Crippen molar-refractivity contribution in [1.82, 2.24) is 25.1 Å². The van der Waals surface area contributed by atoms with Crippen LogP contribution in [0.4, 0.5) is 11.5 Å². The van der Waals surface area contributed by atoms with Gasteiger partial charge in [-0.05, 0) is 54.8 Å². The second-order valence-electron chi connectivity index (χ2n) is 7.44. The summed E-state index contributed by atoms with van der Waals surface area (Å²) in [7, 11) is 0. The first-order valence-electron chi connectivity index (χ1n) is 9.68. The lowest BCUT2D eigenvalue weighted by molar-refractivity contribution is 0.631. The predicted octanol–water partition coefficient (Wildman–Crippen LogP) is 3.60. The van der Waals surface area contributed by atoms with Crippen LogP contribution in [0.1, 0.15) is 28.1 Å². The summed E-state index contributed by atoms with van der Waals surface area (Å²) in [6.07, 6.45) is 3.51. The lowest BCUT2D eigenvalue weighted by Gasteiger charge is -2.11. The number of anilines is 2. The molecule has 154 valence electrons. The molecule has 8 heteroatoms.